The van der Waals surface area contributed by atoms with Crippen molar-refractivity contribution in [2.75, 3.05) is 19.8 Å². The van der Waals surface area contributed by atoms with Gasteiger partial charge in [-0.1, -0.05) is 62.4 Å². The van der Waals surface area contributed by atoms with E-state index in [1.807, 2.05) is 38.1 Å². The quantitative estimate of drug-likeness (QED) is 0.506. The molecule has 3 atom stereocenters. The van der Waals surface area contributed by atoms with Crippen molar-refractivity contribution < 1.29 is 29.0 Å². The van der Waals surface area contributed by atoms with E-state index in [4.69, 9.17) is 9.47 Å². The molecule has 0 saturated carbocycles. The van der Waals surface area contributed by atoms with Crippen molar-refractivity contribution in [3.05, 3.63) is 59.7 Å². The molecule has 186 valence electrons. The zero-order valence-corrected chi connectivity index (χ0v) is 20.0. The van der Waals surface area contributed by atoms with Crippen LogP contribution in [0.3, 0.4) is 0 Å². The Morgan fingerprint density at radius 2 is 1.69 bits per heavy atom. The number of ether oxygens (including phenoxy) is 2. The van der Waals surface area contributed by atoms with Crippen LogP contribution in [0.2, 0.25) is 0 Å². The SMILES string of the molecule is CC(C)C[C@H](NC(=O)[C@H]1OCC[C@H]1CNC(=O)OCC1c2ccccc2-c2ccccc21)C(=O)O. The van der Waals surface area contributed by atoms with Gasteiger partial charge in [0.05, 0.1) is 0 Å². The summed E-state index contributed by atoms with van der Waals surface area (Å²) in [5.41, 5.74) is 4.59. The Hall–Kier alpha value is -3.39. The maximum absolute atomic E-state index is 12.7. The van der Waals surface area contributed by atoms with Crippen molar-refractivity contribution in [3.63, 3.8) is 0 Å². The van der Waals surface area contributed by atoms with Crippen molar-refractivity contribution in [1.82, 2.24) is 10.6 Å². The van der Waals surface area contributed by atoms with Crippen molar-refractivity contribution in [2.45, 2.75) is 44.8 Å². The van der Waals surface area contributed by atoms with Gasteiger partial charge in [0.15, 0.2) is 0 Å². The Morgan fingerprint density at radius 3 is 2.29 bits per heavy atom. The lowest BCUT2D eigenvalue weighted by Crippen LogP contribution is -2.49. The molecule has 3 N–H and O–H groups in total. The van der Waals surface area contributed by atoms with Crippen LogP contribution in [0.1, 0.15) is 43.7 Å². The van der Waals surface area contributed by atoms with E-state index in [0.29, 0.717) is 19.4 Å². The highest BCUT2D eigenvalue weighted by molar-refractivity contribution is 5.86. The van der Waals surface area contributed by atoms with Gasteiger partial charge in [0, 0.05) is 25.0 Å². The normalized spacial score (nSPS) is 19.6. The average molecular weight is 481 g/mol. The zero-order valence-electron chi connectivity index (χ0n) is 20.0. The number of carboxylic acids is 1. The fraction of sp³-hybridized carbons (Fsp3) is 0.444. The third-order valence-corrected chi connectivity index (χ3v) is 6.65. The molecule has 0 radical (unpaired) electrons. The second-order valence-electron chi connectivity index (χ2n) is 9.58. The summed E-state index contributed by atoms with van der Waals surface area (Å²) in [6.07, 6.45) is -0.445. The highest BCUT2D eigenvalue weighted by atomic mass is 16.5. The first kappa shape index (κ1) is 24.7. The number of benzene rings is 2. The van der Waals surface area contributed by atoms with E-state index in [0.717, 1.165) is 22.3 Å². The summed E-state index contributed by atoms with van der Waals surface area (Å²) < 4.78 is 11.1. The summed E-state index contributed by atoms with van der Waals surface area (Å²) in [6.45, 7) is 4.58. The largest absolute Gasteiger partial charge is 0.480 e. The van der Waals surface area contributed by atoms with Crippen LogP contribution in [0.25, 0.3) is 11.1 Å². The van der Waals surface area contributed by atoms with Gasteiger partial charge in [-0.15, -0.1) is 0 Å². The number of hydrogen-bond acceptors (Lipinski definition) is 5. The molecule has 0 unspecified atom stereocenters. The number of carbonyl (C=O) groups excluding carboxylic acids is 2. The van der Waals surface area contributed by atoms with E-state index >= 15 is 0 Å². The lowest BCUT2D eigenvalue weighted by atomic mass is 9.98. The first-order chi connectivity index (χ1) is 16.8. The molecular formula is C27H32N2O6. The van der Waals surface area contributed by atoms with E-state index in [2.05, 4.69) is 34.9 Å². The molecule has 2 aliphatic rings. The van der Waals surface area contributed by atoms with Crippen molar-refractivity contribution in [3.8, 4) is 11.1 Å². The summed E-state index contributed by atoms with van der Waals surface area (Å²) in [7, 11) is 0. The van der Waals surface area contributed by atoms with Gasteiger partial charge in [0.25, 0.3) is 0 Å². The Labute approximate surface area is 205 Å². The van der Waals surface area contributed by atoms with E-state index in [-0.39, 0.29) is 30.9 Å². The summed E-state index contributed by atoms with van der Waals surface area (Å²) in [6, 6.07) is 15.3. The second-order valence-corrected chi connectivity index (χ2v) is 9.58. The van der Waals surface area contributed by atoms with E-state index < -0.39 is 30.1 Å². The molecule has 2 aromatic carbocycles. The predicted molar refractivity (Wildman–Crippen MR) is 130 cm³/mol. The Balaban J connectivity index is 1.30. The lowest BCUT2D eigenvalue weighted by Gasteiger charge is -2.22. The van der Waals surface area contributed by atoms with Crippen LogP contribution in [0, 0.1) is 11.8 Å². The van der Waals surface area contributed by atoms with Crippen molar-refractivity contribution in [1.29, 1.82) is 0 Å². The van der Waals surface area contributed by atoms with Gasteiger partial charge in [0.1, 0.15) is 18.8 Å². The second kappa shape index (κ2) is 10.9. The molecule has 2 aromatic rings. The maximum atomic E-state index is 12.7. The number of carboxylic acid groups (broad SMARTS) is 1. The van der Waals surface area contributed by atoms with Crippen LogP contribution < -0.4 is 10.6 Å². The van der Waals surface area contributed by atoms with Crippen LogP contribution in [0.4, 0.5) is 4.79 Å². The number of alkyl carbamates (subject to hydrolysis) is 1. The van der Waals surface area contributed by atoms with Crippen molar-refractivity contribution in [2.24, 2.45) is 11.8 Å². The van der Waals surface area contributed by atoms with Crippen molar-refractivity contribution >= 4 is 18.0 Å². The van der Waals surface area contributed by atoms with Gasteiger partial charge in [-0.2, -0.15) is 0 Å². The number of hydrogen-bond donors (Lipinski definition) is 3. The molecule has 1 saturated heterocycles. The van der Waals surface area contributed by atoms with Gasteiger partial charge in [0.2, 0.25) is 5.91 Å². The topological polar surface area (TPSA) is 114 Å². The third kappa shape index (κ3) is 5.65. The van der Waals surface area contributed by atoms with Crippen LogP contribution in [-0.2, 0) is 19.1 Å². The minimum absolute atomic E-state index is 0.0320. The molecule has 2 amide bonds. The molecule has 35 heavy (non-hydrogen) atoms. The lowest BCUT2D eigenvalue weighted by molar-refractivity contribution is -0.144. The van der Waals surface area contributed by atoms with Gasteiger partial charge >= 0.3 is 12.1 Å². The van der Waals surface area contributed by atoms with Gasteiger partial charge in [-0.05, 0) is 41.0 Å². The molecule has 8 nitrogen and oxygen atoms in total. The minimum atomic E-state index is -1.07. The number of carbonyl (C=O) groups is 3. The average Bonchev–Trinajstić information content (AvgIpc) is 3.43. The molecular weight excluding hydrogens is 448 g/mol. The fourth-order valence-corrected chi connectivity index (χ4v) is 4.94. The molecule has 0 spiro atoms. The molecule has 4 rings (SSSR count). The molecule has 1 aliphatic carbocycles. The Kier molecular flexibility index (Phi) is 7.70. The first-order valence-electron chi connectivity index (χ1n) is 12.1. The fourth-order valence-electron chi connectivity index (χ4n) is 4.94. The standard InChI is InChI=1S/C27H32N2O6/c1-16(2)13-23(26(31)32)29-25(30)24-17(11-12-34-24)14-28-27(33)35-15-22-20-9-5-3-7-18(20)19-8-4-6-10-21(19)22/h3-10,16-17,22-24H,11-15H2,1-2H3,(H,28,33)(H,29,30)(H,31,32)/t17-,23-,24-/m0/s1. The highest BCUT2D eigenvalue weighted by Gasteiger charge is 2.36. The molecule has 8 heteroatoms. The van der Waals surface area contributed by atoms with E-state index in [1.54, 1.807) is 0 Å². The zero-order chi connectivity index (χ0) is 24.9. The smallest absolute Gasteiger partial charge is 0.407 e. The molecule has 1 fully saturated rings. The maximum Gasteiger partial charge on any atom is 0.407 e. The van der Waals surface area contributed by atoms with Crippen LogP contribution in [-0.4, -0.2) is 55.0 Å². The van der Waals surface area contributed by atoms with Crippen LogP contribution in [0.15, 0.2) is 48.5 Å². The molecule has 1 aliphatic heterocycles. The monoisotopic (exact) mass is 480 g/mol. The number of rotatable bonds is 9. The number of nitrogens with one attached hydrogen (secondary N) is 2. The van der Waals surface area contributed by atoms with E-state index in [1.165, 1.54) is 0 Å². The predicted octanol–water partition coefficient (Wildman–Crippen LogP) is 3.55. The molecule has 0 aromatic heterocycles. The first-order valence-corrected chi connectivity index (χ1v) is 12.1. The molecule has 0 bridgehead atoms. The number of aliphatic carboxylic acids is 1. The third-order valence-electron chi connectivity index (χ3n) is 6.65. The van der Waals surface area contributed by atoms with Gasteiger partial charge in [-0.3, -0.25) is 4.79 Å². The number of amides is 2. The summed E-state index contributed by atoms with van der Waals surface area (Å²) in [5.74, 6) is -1.71. The van der Waals surface area contributed by atoms with Crippen LogP contribution >= 0.6 is 0 Å². The Morgan fingerprint density at radius 1 is 1.06 bits per heavy atom. The van der Waals surface area contributed by atoms with Gasteiger partial charge in [-0.25, -0.2) is 9.59 Å². The van der Waals surface area contributed by atoms with Gasteiger partial charge < -0.3 is 25.2 Å². The summed E-state index contributed by atoms with van der Waals surface area (Å²) >= 11 is 0. The van der Waals surface area contributed by atoms with E-state index in [9.17, 15) is 19.5 Å². The molecule has 1 heterocycles. The summed E-state index contributed by atoms with van der Waals surface area (Å²) in [5, 5.41) is 14.7. The highest BCUT2D eigenvalue weighted by Crippen LogP contribution is 2.44. The number of fused-ring (bicyclic) bond motifs is 3. The minimum Gasteiger partial charge on any atom is -0.480 e. The summed E-state index contributed by atoms with van der Waals surface area (Å²) in [4.78, 5) is 36.7. The Bertz CT molecular complexity index is 1040. The van der Waals surface area contributed by atoms with Crippen LogP contribution in [0.5, 0.6) is 0 Å².